The minimum Gasteiger partial charge on any atom is -0.477 e. The van der Waals surface area contributed by atoms with E-state index in [0.717, 1.165) is 0 Å². The number of thioether (sulfide) groups is 1. The molecule has 1 unspecified atom stereocenters. The first-order valence-electron chi connectivity index (χ1n) is 5.57. The van der Waals surface area contributed by atoms with E-state index in [9.17, 15) is 9.90 Å². The summed E-state index contributed by atoms with van der Waals surface area (Å²) in [6.45, 7) is 2.19. The van der Waals surface area contributed by atoms with Crippen molar-refractivity contribution in [3.05, 3.63) is 11.8 Å². The number of carbonyl (C=O) groups is 1. The van der Waals surface area contributed by atoms with Gasteiger partial charge in [0.05, 0.1) is 17.7 Å². The molecule has 1 aliphatic rings. The zero-order valence-electron chi connectivity index (χ0n) is 10.1. The summed E-state index contributed by atoms with van der Waals surface area (Å²) in [6.07, 6.45) is 2.86. The van der Waals surface area contributed by atoms with Crippen molar-refractivity contribution in [3.8, 4) is 0 Å². The van der Waals surface area contributed by atoms with Crippen molar-refractivity contribution in [1.82, 2.24) is 0 Å². The molecule has 7 heteroatoms. The highest BCUT2D eigenvalue weighted by atomic mass is 32.2. The van der Waals surface area contributed by atoms with Crippen LogP contribution in [-0.4, -0.2) is 51.9 Å². The SMILES string of the molecule is C[C@@H](O)CC1=CC(SCCN=CN)C(C(=O)O)=N1. The van der Waals surface area contributed by atoms with Gasteiger partial charge in [-0.3, -0.25) is 4.99 Å². The van der Waals surface area contributed by atoms with Gasteiger partial charge in [-0.15, -0.1) is 11.8 Å². The van der Waals surface area contributed by atoms with Crippen LogP contribution in [0.3, 0.4) is 0 Å². The standard InChI is InChI=1S/C11H17N3O3S/c1-7(15)4-8-5-9(10(14-8)11(16)17)18-3-2-13-6-12/h5-7,9,15H,2-4H2,1H3,(H2,12,13)(H,16,17)/t7-,9?/m1/s1. The van der Waals surface area contributed by atoms with E-state index < -0.39 is 12.1 Å². The van der Waals surface area contributed by atoms with E-state index in [1.54, 1.807) is 13.0 Å². The molecule has 6 nitrogen and oxygen atoms in total. The van der Waals surface area contributed by atoms with Gasteiger partial charge in [-0.2, -0.15) is 0 Å². The van der Waals surface area contributed by atoms with Gasteiger partial charge in [0.2, 0.25) is 0 Å². The largest absolute Gasteiger partial charge is 0.477 e. The number of nitrogens with zero attached hydrogens (tertiary/aromatic N) is 2. The average molecular weight is 271 g/mol. The molecule has 1 rings (SSSR count). The molecule has 2 atom stereocenters. The molecule has 0 aliphatic carbocycles. The molecular formula is C11H17N3O3S. The van der Waals surface area contributed by atoms with Crippen LogP contribution in [0.2, 0.25) is 0 Å². The highest BCUT2D eigenvalue weighted by Crippen LogP contribution is 2.25. The Morgan fingerprint density at radius 2 is 2.50 bits per heavy atom. The monoisotopic (exact) mass is 271 g/mol. The molecule has 0 radical (unpaired) electrons. The summed E-state index contributed by atoms with van der Waals surface area (Å²) in [5.41, 5.74) is 5.86. The number of carboxylic acid groups (broad SMARTS) is 1. The fraction of sp³-hybridized carbons (Fsp3) is 0.545. The summed E-state index contributed by atoms with van der Waals surface area (Å²) in [4.78, 5) is 18.9. The van der Waals surface area contributed by atoms with Crippen molar-refractivity contribution in [1.29, 1.82) is 0 Å². The highest BCUT2D eigenvalue weighted by molar-refractivity contribution is 8.00. The first-order chi connectivity index (χ1) is 8.54. The number of aliphatic imine (C=N–C) groups is 2. The molecule has 0 aromatic heterocycles. The Morgan fingerprint density at radius 3 is 3.06 bits per heavy atom. The Bertz CT molecular complexity index is 391. The van der Waals surface area contributed by atoms with Crippen LogP contribution in [-0.2, 0) is 4.79 Å². The Labute approximate surface area is 110 Å². The average Bonchev–Trinajstić information content (AvgIpc) is 2.67. The second-order valence-electron chi connectivity index (χ2n) is 3.86. The number of carboxylic acids is 1. The predicted octanol–water partition coefficient (Wildman–Crippen LogP) is 0.269. The zero-order valence-corrected chi connectivity index (χ0v) is 10.9. The maximum Gasteiger partial charge on any atom is 0.351 e. The van der Waals surface area contributed by atoms with Crippen molar-refractivity contribution in [2.75, 3.05) is 12.3 Å². The number of aliphatic hydroxyl groups is 1. The van der Waals surface area contributed by atoms with Crippen molar-refractivity contribution in [3.63, 3.8) is 0 Å². The molecule has 0 amide bonds. The molecule has 0 aromatic rings. The summed E-state index contributed by atoms with van der Waals surface area (Å²) in [6, 6.07) is 0. The number of aliphatic carboxylic acids is 1. The van der Waals surface area contributed by atoms with Crippen LogP contribution in [0.1, 0.15) is 13.3 Å². The lowest BCUT2D eigenvalue weighted by Gasteiger charge is -2.06. The second kappa shape index (κ2) is 7.17. The lowest BCUT2D eigenvalue weighted by Crippen LogP contribution is -2.22. The Morgan fingerprint density at radius 1 is 1.78 bits per heavy atom. The van der Waals surface area contributed by atoms with Gasteiger partial charge in [-0.25, -0.2) is 9.79 Å². The van der Waals surface area contributed by atoms with Crippen LogP contribution >= 0.6 is 11.8 Å². The van der Waals surface area contributed by atoms with E-state index in [2.05, 4.69) is 9.98 Å². The lowest BCUT2D eigenvalue weighted by molar-refractivity contribution is -0.129. The zero-order chi connectivity index (χ0) is 13.5. The molecule has 100 valence electrons. The molecule has 18 heavy (non-hydrogen) atoms. The maximum atomic E-state index is 11.0. The van der Waals surface area contributed by atoms with E-state index in [1.165, 1.54) is 18.1 Å². The second-order valence-corrected chi connectivity index (χ2v) is 5.11. The molecule has 4 N–H and O–H groups in total. The molecule has 0 aromatic carbocycles. The summed E-state index contributed by atoms with van der Waals surface area (Å²) >= 11 is 1.45. The molecule has 1 heterocycles. The first-order valence-corrected chi connectivity index (χ1v) is 6.61. The van der Waals surface area contributed by atoms with Crippen LogP contribution in [0.25, 0.3) is 0 Å². The van der Waals surface area contributed by atoms with E-state index in [4.69, 9.17) is 10.8 Å². The normalized spacial score (nSPS) is 20.9. The molecule has 0 spiro atoms. The summed E-state index contributed by atoms with van der Waals surface area (Å²) in [7, 11) is 0. The van der Waals surface area contributed by atoms with Gasteiger partial charge < -0.3 is 15.9 Å². The number of hydrogen-bond donors (Lipinski definition) is 3. The topological polar surface area (TPSA) is 108 Å². The van der Waals surface area contributed by atoms with Gasteiger partial charge >= 0.3 is 5.97 Å². The third-order valence-corrected chi connectivity index (χ3v) is 3.36. The molecule has 1 aliphatic heterocycles. The Hall–Kier alpha value is -1.34. The number of aliphatic hydroxyl groups excluding tert-OH is 1. The van der Waals surface area contributed by atoms with Crippen LogP contribution in [0.4, 0.5) is 0 Å². The van der Waals surface area contributed by atoms with Gasteiger partial charge in [-0.1, -0.05) is 0 Å². The van der Waals surface area contributed by atoms with Gasteiger partial charge in [-0.05, 0) is 13.0 Å². The smallest absolute Gasteiger partial charge is 0.351 e. The molecule has 0 saturated carbocycles. The van der Waals surface area contributed by atoms with Crippen LogP contribution in [0.15, 0.2) is 21.8 Å². The Kier molecular flexibility index (Phi) is 5.87. The van der Waals surface area contributed by atoms with E-state index in [0.29, 0.717) is 24.4 Å². The summed E-state index contributed by atoms with van der Waals surface area (Å²) in [5, 5.41) is 18.0. The minimum absolute atomic E-state index is 0.118. The maximum absolute atomic E-state index is 11.0. The van der Waals surface area contributed by atoms with Gasteiger partial charge in [0.25, 0.3) is 0 Å². The van der Waals surface area contributed by atoms with E-state index in [-0.39, 0.29) is 11.0 Å². The predicted molar refractivity (Wildman–Crippen MR) is 73.2 cm³/mol. The highest BCUT2D eigenvalue weighted by Gasteiger charge is 2.27. The third kappa shape index (κ3) is 4.50. The Balaban J connectivity index is 2.61. The fourth-order valence-corrected chi connectivity index (χ4v) is 2.56. The van der Waals surface area contributed by atoms with Crippen molar-refractivity contribution >= 4 is 29.8 Å². The summed E-state index contributed by atoms with van der Waals surface area (Å²) in [5.74, 6) is -0.352. The van der Waals surface area contributed by atoms with E-state index >= 15 is 0 Å². The molecular weight excluding hydrogens is 254 g/mol. The van der Waals surface area contributed by atoms with Gasteiger partial charge in [0.15, 0.2) is 0 Å². The minimum atomic E-state index is -1.02. The number of hydrogen-bond acceptors (Lipinski definition) is 5. The van der Waals surface area contributed by atoms with Gasteiger partial charge in [0.1, 0.15) is 5.71 Å². The van der Waals surface area contributed by atoms with Crippen LogP contribution < -0.4 is 5.73 Å². The fourth-order valence-electron chi connectivity index (χ4n) is 1.53. The van der Waals surface area contributed by atoms with Gasteiger partial charge in [0, 0.05) is 24.4 Å². The van der Waals surface area contributed by atoms with Crippen LogP contribution in [0, 0.1) is 0 Å². The number of rotatable bonds is 7. The number of nitrogens with two attached hydrogens (primary N) is 1. The van der Waals surface area contributed by atoms with Crippen molar-refractivity contribution in [2.45, 2.75) is 24.7 Å². The molecule has 0 fully saturated rings. The molecule has 0 saturated heterocycles. The van der Waals surface area contributed by atoms with Crippen molar-refractivity contribution < 1.29 is 15.0 Å². The van der Waals surface area contributed by atoms with Crippen LogP contribution in [0.5, 0.6) is 0 Å². The lowest BCUT2D eigenvalue weighted by atomic mass is 10.2. The van der Waals surface area contributed by atoms with E-state index in [1.807, 2.05) is 0 Å². The third-order valence-electron chi connectivity index (χ3n) is 2.22. The summed E-state index contributed by atoms with van der Waals surface area (Å²) < 4.78 is 0. The quantitative estimate of drug-likeness (QED) is 0.350. The van der Waals surface area contributed by atoms with Crippen molar-refractivity contribution in [2.24, 2.45) is 15.7 Å². The molecule has 0 bridgehead atoms. The first kappa shape index (κ1) is 14.7.